The minimum Gasteiger partial charge on any atom is -0.444 e. The molecule has 1 unspecified atom stereocenters. The van der Waals surface area contributed by atoms with E-state index in [1.165, 1.54) is 19.3 Å². The number of carbonyl (C=O) groups excluding carboxylic acids is 1. The second-order valence-electron chi connectivity index (χ2n) is 6.41. The molecule has 1 aliphatic carbocycles. The summed E-state index contributed by atoms with van der Waals surface area (Å²) in [4.78, 5) is 13.7. The van der Waals surface area contributed by atoms with Crippen molar-refractivity contribution in [2.24, 2.45) is 5.92 Å². The summed E-state index contributed by atoms with van der Waals surface area (Å²) in [5.74, 6) is 0.747. The SMILES string of the molecule is CCN(CCNCC1CC=CCC1)C(=O)OC(C)(C)C. The number of hydrogen-bond acceptors (Lipinski definition) is 3. The largest absolute Gasteiger partial charge is 0.444 e. The van der Waals surface area contributed by atoms with E-state index in [9.17, 15) is 4.79 Å². The van der Waals surface area contributed by atoms with Gasteiger partial charge in [0, 0.05) is 19.6 Å². The first-order valence-corrected chi connectivity index (χ1v) is 7.76. The highest BCUT2D eigenvalue weighted by Crippen LogP contribution is 2.16. The van der Waals surface area contributed by atoms with Crippen LogP contribution in [0.15, 0.2) is 12.2 Å². The Labute approximate surface area is 123 Å². The molecule has 1 rings (SSSR count). The van der Waals surface area contributed by atoms with E-state index in [4.69, 9.17) is 4.74 Å². The van der Waals surface area contributed by atoms with E-state index in [2.05, 4.69) is 17.5 Å². The third-order valence-electron chi connectivity index (χ3n) is 3.40. The zero-order chi connectivity index (χ0) is 15.0. The van der Waals surface area contributed by atoms with Crippen LogP contribution in [0.1, 0.15) is 47.0 Å². The molecule has 0 heterocycles. The predicted octanol–water partition coefficient (Wildman–Crippen LogP) is 3.19. The van der Waals surface area contributed by atoms with E-state index < -0.39 is 5.60 Å². The smallest absolute Gasteiger partial charge is 0.410 e. The van der Waals surface area contributed by atoms with Crippen molar-refractivity contribution in [2.45, 2.75) is 52.6 Å². The Morgan fingerprint density at radius 3 is 2.70 bits per heavy atom. The van der Waals surface area contributed by atoms with Crippen LogP contribution in [-0.4, -0.2) is 42.8 Å². The molecule has 0 radical (unpaired) electrons. The van der Waals surface area contributed by atoms with Gasteiger partial charge in [0.1, 0.15) is 5.60 Å². The highest BCUT2D eigenvalue weighted by atomic mass is 16.6. The number of nitrogens with one attached hydrogen (secondary N) is 1. The molecule has 0 aromatic carbocycles. The summed E-state index contributed by atoms with van der Waals surface area (Å²) in [6.45, 7) is 10.9. The fraction of sp³-hybridized carbons (Fsp3) is 0.812. The van der Waals surface area contributed by atoms with E-state index in [0.29, 0.717) is 13.1 Å². The molecular weight excluding hydrogens is 252 g/mol. The Kier molecular flexibility index (Phi) is 7.06. The van der Waals surface area contributed by atoms with Crippen LogP contribution in [0.5, 0.6) is 0 Å². The van der Waals surface area contributed by atoms with Crippen LogP contribution in [0, 0.1) is 5.92 Å². The maximum Gasteiger partial charge on any atom is 0.410 e. The molecule has 0 bridgehead atoms. The van der Waals surface area contributed by atoms with Gasteiger partial charge in [-0.25, -0.2) is 4.79 Å². The summed E-state index contributed by atoms with van der Waals surface area (Å²) in [7, 11) is 0. The molecular formula is C16H30N2O2. The van der Waals surface area contributed by atoms with Gasteiger partial charge in [0.05, 0.1) is 0 Å². The molecule has 0 saturated carbocycles. The Balaban J connectivity index is 2.20. The van der Waals surface area contributed by atoms with E-state index in [1.807, 2.05) is 27.7 Å². The Bertz CT molecular complexity index is 321. The zero-order valence-electron chi connectivity index (χ0n) is 13.4. The minimum atomic E-state index is -0.424. The summed E-state index contributed by atoms with van der Waals surface area (Å²) in [5, 5.41) is 3.45. The Morgan fingerprint density at radius 2 is 2.15 bits per heavy atom. The highest BCUT2D eigenvalue weighted by molar-refractivity contribution is 5.68. The molecule has 0 aromatic rings. The van der Waals surface area contributed by atoms with Crippen LogP contribution < -0.4 is 5.32 Å². The van der Waals surface area contributed by atoms with Gasteiger partial charge >= 0.3 is 6.09 Å². The van der Waals surface area contributed by atoms with Gasteiger partial charge < -0.3 is 15.0 Å². The molecule has 0 saturated heterocycles. The lowest BCUT2D eigenvalue weighted by Crippen LogP contribution is -2.41. The number of carbonyl (C=O) groups is 1. The molecule has 1 N–H and O–H groups in total. The molecule has 1 aliphatic rings. The lowest BCUT2D eigenvalue weighted by atomic mass is 9.94. The Hall–Kier alpha value is -1.03. The molecule has 0 aliphatic heterocycles. The van der Waals surface area contributed by atoms with Crippen molar-refractivity contribution < 1.29 is 9.53 Å². The third-order valence-corrected chi connectivity index (χ3v) is 3.40. The summed E-state index contributed by atoms with van der Waals surface area (Å²) in [6.07, 6.45) is 7.96. The second-order valence-corrected chi connectivity index (χ2v) is 6.41. The van der Waals surface area contributed by atoms with Crippen LogP contribution in [0.3, 0.4) is 0 Å². The molecule has 1 atom stereocenters. The van der Waals surface area contributed by atoms with Crippen molar-refractivity contribution in [3.05, 3.63) is 12.2 Å². The number of ether oxygens (including phenoxy) is 1. The molecule has 0 spiro atoms. The summed E-state index contributed by atoms with van der Waals surface area (Å²) >= 11 is 0. The zero-order valence-corrected chi connectivity index (χ0v) is 13.4. The minimum absolute atomic E-state index is 0.220. The maximum atomic E-state index is 12.0. The Morgan fingerprint density at radius 1 is 1.40 bits per heavy atom. The number of allylic oxidation sites excluding steroid dienone is 2. The first-order chi connectivity index (χ1) is 9.42. The molecule has 4 nitrogen and oxygen atoms in total. The van der Waals surface area contributed by atoms with Gasteiger partial charge in [0.2, 0.25) is 0 Å². The number of hydrogen-bond donors (Lipinski definition) is 1. The van der Waals surface area contributed by atoms with Gasteiger partial charge in [-0.3, -0.25) is 0 Å². The van der Waals surface area contributed by atoms with E-state index in [0.717, 1.165) is 19.0 Å². The first-order valence-electron chi connectivity index (χ1n) is 7.76. The van der Waals surface area contributed by atoms with Crippen molar-refractivity contribution in [2.75, 3.05) is 26.2 Å². The topological polar surface area (TPSA) is 41.6 Å². The number of likely N-dealkylation sites (N-methyl/N-ethyl adjacent to an activating group) is 1. The quantitative estimate of drug-likeness (QED) is 0.601. The van der Waals surface area contributed by atoms with Gasteiger partial charge in [0.15, 0.2) is 0 Å². The molecule has 20 heavy (non-hydrogen) atoms. The average molecular weight is 282 g/mol. The fourth-order valence-electron chi connectivity index (χ4n) is 2.27. The number of nitrogens with zero attached hydrogens (tertiary/aromatic N) is 1. The molecule has 4 heteroatoms. The molecule has 0 aromatic heterocycles. The molecule has 0 fully saturated rings. The normalized spacial score (nSPS) is 18.9. The van der Waals surface area contributed by atoms with Gasteiger partial charge in [-0.2, -0.15) is 0 Å². The lowest BCUT2D eigenvalue weighted by Gasteiger charge is -2.27. The van der Waals surface area contributed by atoms with Crippen molar-refractivity contribution in [1.29, 1.82) is 0 Å². The van der Waals surface area contributed by atoms with E-state index in [-0.39, 0.29) is 6.09 Å². The van der Waals surface area contributed by atoms with Crippen LogP contribution in [0.4, 0.5) is 4.79 Å². The summed E-state index contributed by atoms with van der Waals surface area (Å²) in [6, 6.07) is 0. The van der Waals surface area contributed by atoms with Crippen LogP contribution >= 0.6 is 0 Å². The number of rotatable bonds is 6. The van der Waals surface area contributed by atoms with Crippen molar-refractivity contribution in [3.63, 3.8) is 0 Å². The first kappa shape index (κ1) is 17.0. The maximum absolute atomic E-state index is 12.0. The van der Waals surface area contributed by atoms with Crippen molar-refractivity contribution in [1.82, 2.24) is 10.2 Å². The van der Waals surface area contributed by atoms with Gasteiger partial charge in [-0.15, -0.1) is 0 Å². The van der Waals surface area contributed by atoms with Crippen molar-refractivity contribution in [3.8, 4) is 0 Å². The molecule has 116 valence electrons. The third kappa shape index (κ3) is 6.94. The van der Waals surface area contributed by atoms with Crippen LogP contribution in [-0.2, 0) is 4.74 Å². The van der Waals surface area contributed by atoms with Crippen LogP contribution in [0.25, 0.3) is 0 Å². The van der Waals surface area contributed by atoms with Gasteiger partial charge in [-0.1, -0.05) is 12.2 Å². The fourth-order valence-corrected chi connectivity index (χ4v) is 2.27. The standard InChI is InChI=1S/C16H30N2O2/c1-5-18(15(19)20-16(2,3)4)12-11-17-13-14-9-7-6-8-10-14/h6-7,14,17H,5,8-13H2,1-4H3. The van der Waals surface area contributed by atoms with Gasteiger partial charge in [0.25, 0.3) is 0 Å². The van der Waals surface area contributed by atoms with Crippen LogP contribution in [0.2, 0.25) is 0 Å². The summed E-state index contributed by atoms with van der Waals surface area (Å²) < 4.78 is 5.39. The summed E-state index contributed by atoms with van der Waals surface area (Å²) in [5.41, 5.74) is -0.424. The highest BCUT2D eigenvalue weighted by Gasteiger charge is 2.20. The monoisotopic (exact) mass is 282 g/mol. The average Bonchev–Trinajstić information content (AvgIpc) is 2.38. The predicted molar refractivity (Wildman–Crippen MR) is 82.8 cm³/mol. The lowest BCUT2D eigenvalue weighted by molar-refractivity contribution is 0.0262. The van der Waals surface area contributed by atoms with Crippen molar-refractivity contribution >= 4 is 6.09 Å². The second kappa shape index (κ2) is 8.30. The molecule has 1 amide bonds. The van der Waals surface area contributed by atoms with Gasteiger partial charge in [-0.05, 0) is 59.4 Å². The number of amides is 1. The van der Waals surface area contributed by atoms with E-state index in [1.54, 1.807) is 4.90 Å². The van der Waals surface area contributed by atoms with E-state index >= 15 is 0 Å².